The van der Waals surface area contributed by atoms with Gasteiger partial charge in [0.15, 0.2) is 0 Å². The molecule has 2 aliphatic heterocycles. The smallest absolute Gasteiger partial charge is 0.344 e. The second-order valence-corrected chi connectivity index (χ2v) is 8.23. The van der Waals surface area contributed by atoms with E-state index in [0.717, 1.165) is 26.2 Å². The molecule has 8 heteroatoms. The van der Waals surface area contributed by atoms with Crippen LogP contribution >= 0.6 is 11.8 Å². The first-order valence-electron chi connectivity index (χ1n) is 9.11. The molecule has 0 aliphatic carbocycles. The number of hydrogen-bond acceptors (Lipinski definition) is 6. The van der Waals surface area contributed by atoms with Crippen molar-refractivity contribution in [2.75, 3.05) is 44.7 Å². The maximum absolute atomic E-state index is 14.9. The zero-order valence-corrected chi connectivity index (χ0v) is 16.4. The Kier molecular flexibility index (Phi) is 4.63. The number of anilines is 1. The van der Waals surface area contributed by atoms with Gasteiger partial charge in [0.1, 0.15) is 11.4 Å². The van der Waals surface area contributed by atoms with E-state index in [1.807, 2.05) is 23.4 Å². The average Bonchev–Trinajstić information content (AvgIpc) is 2.62. The normalized spacial score (nSPS) is 19.7. The van der Waals surface area contributed by atoms with Crippen LogP contribution in [0.15, 0.2) is 22.0 Å². The van der Waals surface area contributed by atoms with E-state index in [9.17, 15) is 14.0 Å². The van der Waals surface area contributed by atoms with Crippen LogP contribution < -0.4 is 10.3 Å². The zero-order chi connectivity index (χ0) is 19.3. The van der Waals surface area contributed by atoms with Gasteiger partial charge in [0.05, 0.1) is 28.2 Å². The molecule has 1 aromatic carbocycles. The Morgan fingerprint density at radius 3 is 2.63 bits per heavy atom. The molecule has 1 saturated heterocycles. The average molecular weight is 391 g/mol. The summed E-state index contributed by atoms with van der Waals surface area (Å²) in [6, 6.07) is 3.03. The first kappa shape index (κ1) is 18.3. The van der Waals surface area contributed by atoms with Crippen LogP contribution in [0.3, 0.4) is 0 Å². The highest BCUT2D eigenvalue weighted by atomic mass is 32.2. The predicted octanol–water partition coefficient (Wildman–Crippen LogP) is 2.69. The summed E-state index contributed by atoms with van der Waals surface area (Å²) in [5.74, 6) is -1.07. The van der Waals surface area contributed by atoms with Crippen molar-refractivity contribution in [1.29, 1.82) is 0 Å². The summed E-state index contributed by atoms with van der Waals surface area (Å²) in [6.45, 7) is 7.08. The predicted molar refractivity (Wildman–Crippen MR) is 104 cm³/mol. The van der Waals surface area contributed by atoms with Gasteiger partial charge in [-0.2, -0.15) is 0 Å². The fourth-order valence-corrected chi connectivity index (χ4v) is 4.86. The van der Waals surface area contributed by atoms with Crippen molar-refractivity contribution in [1.82, 2.24) is 9.47 Å². The minimum Gasteiger partial charge on any atom is -0.462 e. The Morgan fingerprint density at radius 2 is 2.00 bits per heavy atom. The van der Waals surface area contributed by atoms with Crippen molar-refractivity contribution < 1.29 is 13.9 Å². The molecule has 3 heterocycles. The molecule has 1 aromatic heterocycles. The maximum atomic E-state index is 14.9. The van der Waals surface area contributed by atoms with E-state index in [1.54, 1.807) is 13.0 Å². The lowest BCUT2D eigenvalue weighted by atomic mass is 10.1. The molecule has 1 unspecified atom stereocenters. The van der Waals surface area contributed by atoms with Gasteiger partial charge in [-0.25, -0.2) is 9.18 Å². The van der Waals surface area contributed by atoms with Crippen LogP contribution in [0.2, 0.25) is 0 Å². The van der Waals surface area contributed by atoms with Gasteiger partial charge in [0, 0.05) is 31.6 Å². The summed E-state index contributed by atoms with van der Waals surface area (Å²) in [7, 11) is 2.05. The lowest BCUT2D eigenvalue weighted by Gasteiger charge is -2.36. The van der Waals surface area contributed by atoms with Crippen LogP contribution in [0.25, 0.3) is 10.9 Å². The van der Waals surface area contributed by atoms with Crippen LogP contribution in [0.1, 0.15) is 29.6 Å². The van der Waals surface area contributed by atoms with E-state index in [1.165, 1.54) is 17.8 Å². The maximum Gasteiger partial charge on any atom is 0.344 e. The topological polar surface area (TPSA) is 54.8 Å². The molecule has 144 valence electrons. The molecule has 2 aromatic rings. The fourth-order valence-electron chi connectivity index (χ4n) is 3.71. The van der Waals surface area contributed by atoms with Crippen LogP contribution in [0, 0.1) is 5.82 Å². The third-order valence-corrected chi connectivity index (χ3v) is 6.37. The molecule has 0 bridgehead atoms. The molecule has 0 saturated carbocycles. The molecule has 2 aliphatic rings. The summed E-state index contributed by atoms with van der Waals surface area (Å²) in [5.41, 5.74) is 0.736. The molecule has 1 atom stereocenters. The monoisotopic (exact) mass is 391 g/mol. The minimum atomic E-state index is -0.642. The molecule has 4 rings (SSSR count). The number of aromatic nitrogens is 1. The number of rotatable bonds is 3. The molecule has 0 amide bonds. The number of piperazine rings is 1. The quantitative estimate of drug-likeness (QED) is 0.750. The Hall–Kier alpha value is -2.06. The largest absolute Gasteiger partial charge is 0.462 e. The standard InChI is InChI=1S/C19H22FN3O3S/c1-4-26-19(25)16-17(24)12-9-13(20)15(22-7-5-21(3)6-8-22)10-14(12)23-11(2)27-18(16)23/h9-11H,4-8H2,1-3H3. The number of esters is 1. The number of halogens is 1. The van der Waals surface area contributed by atoms with Crippen molar-refractivity contribution in [3.8, 4) is 0 Å². The van der Waals surface area contributed by atoms with Crippen LogP contribution in [0.5, 0.6) is 0 Å². The SMILES string of the molecule is CCOC(=O)c1c2n(c3cc(N4CCN(C)CC4)c(F)cc3c1=O)C(C)S2. The number of fused-ring (bicyclic) bond motifs is 3. The minimum absolute atomic E-state index is 0.0131. The van der Waals surface area contributed by atoms with Gasteiger partial charge in [0.2, 0.25) is 5.43 Å². The van der Waals surface area contributed by atoms with Gasteiger partial charge in [-0.05, 0) is 33.0 Å². The van der Waals surface area contributed by atoms with E-state index in [4.69, 9.17) is 4.74 Å². The molecule has 0 radical (unpaired) electrons. The number of nitrogens with zero attached hydrogens (tertiary/aromatic N) is 3. The third kappa shape index (κ3) is 2.91. The highest BCUT2D eigenvalue weighted by molar-refractivity contribution is 8.00. The van der Waals surface area contributed by atoms with Crippen molar-refractivity contribution in [3.63, 3.8) is 0 Å². The first-order valence-corrected chi connectivity index (χ1v) is 9.99. The second-order valence-electron chi connectivity index (χ2n) is 6.93. The lowest BCUT2D eigenvalue weighted by molar-refractivity contribution is 0.0518. The molecular weight excluding hydrogens is 369 g/mol. The second kappa shape index (κ2) is 6.83. The van der Waals surface area contributed by atoms with Gasteiger partial charge in [-0.1, -0.05) is 11.8 Å². The molecule has 0 N–H and O–H groups in total. The summed E-state index contributed by atoms with van der Waals surface area (Å²) >= 11 is 1.46. The highest BCUT2D eigenvalue weighted by Crippen LogP contribution is 2.46. The number of ether oxygens (including phenoxy) is 1. The van der Waals surface area contributed by atoms with Crippen molar-refractivity contribution in [3.05, 3.63) is 33.7 Å². The lowest BCUT2D eigenvalue weighted by Crippen LogP contribution is -2.44. The van der Waals surface area contributed by atoms with Gasteiger partial charge in [-0.15, -0.1) is 0 Å². The number of benzene rings is 1. The molecule has 6 nitrogen and oxygen atoms in total. The Morgan fingerprint density at radius 1 is 1.30 bits per heavy atom. The van der Waals surface area contributed by atoms with Crippen LogP contribution in [-0.2, 0) is 4.74 Å². The third-order valence-electron chi connectivity index (χ3n) is 5.20. The van der Waals surface area contributed by atoms with E-state index in [0.29, 0.717) is 16.2 Å². The molecular formula is C19H22FN3O3S. The van der Waals surface area contributed by atoms with Crippen molar-refractivity contribution >= 4 is 34.3 Å². The van der Waals surface area contributed by atoms with E-state index < -0.39 is 17.2 Å². The fraction of sp³-hybridized carbons (Fsp3) is 0.474. The zero-order valence-electron chi connectivity index (χ0n) is 15.6. The summed E-state index contributed by atoms with van der Waals surface area (Å²) in [5, 5.41) is 0.904. The summed E-state index contributed by atoms with van der Waals surface area (Å²) < 4.78 is 21.9. The highest BCUT2D eigenvalue weighted by Gasteiger charge is 2.34. The van der Waals surface area contributed by atoms with Crippen LogP contribution in [-0.4, -0.2) is 55.3 Å². The Bertz CT molecular complexity index is 983. The number of hydrogen-bond donors (Lipinski definition) is 0. The molecule has 0 spiro atoms. The van der Waals surface area contributed by atoms with Crippen molar-refractivity contribution in [2.45, 2.75) is 24.2 Å². The van der Waals surface area contributed by atoms with E-state index >= 15 is 0 Å². The summed E-state index contributed by atoms with van der Waals surface area (Å²) in [4.78, 5) is 29.4. The Labute approximate surface area is 160 Å². The van der Waals surface area contributed by atoms with Gasteiger partial charge in [-0.3, -0.25) is 4.79 Å². The number of carbonyl (C=O) groups is 1. The van der Waals surface area contributed by atoms with Gasteiger partial charge >= 0.3 is 5.97 Å². The Balaban J connectivity index is 1.89. The number of likely N-dealkylation sites (N-methyl/N-ethyl adjacent to an activating group) is 1. The number of thioether (sulfide) groups is 1. The van der Waals surface area contributed by atoms with Gasteiger partial charge in [0.25, 0.3) is 0 Å². The molecule has 27 heavy (non-hydrogen) atoms. The number of pyridine rings is 1. The van der Waals surface area contributed by atoms with Crippen LogP contribution in [0.4, 0.5) is 10.1 Å². The van der Waals surface area contributed by atoms with Crippen molar-refractivity contribution in [2.24, 2.45) is 0 Å². The van der Waals surface area contributed by atoms with E-state index in [-0.39, 0.29) is 22.9 Å². The number of carbonyl (C=O) groups excluding carboxylic acids is 1. The summed E-state index contributed by atoms with van der Waals surface area (Å²) in [6.07, 6.45) is 0. The van der Waals surface area contributed by atoms with Gasteiger partial charge < -0.3 is 19.1 Å². The van der Waals surface area contributed by atoms with E-state index in [2.05, 4.69) is 4.90 Å². The molecule has 1 fully saturated rings. The first-order chi connectivity index (χ1) is 12.9.